The van der Waals surface area contributed by atoms with Crippen molar-refractivity contribution in [3.05, 3.63) is 47.8 Å². The first kappa shape index (κ1) is 12.2. The quantitative estimate of drug-likeness (QED) is 0.844. The highest BCUT2D eigenvalue weighted by molar-refractivity contribution is 7.98. The molecule has 2 aromatic rings. The molecule has 17 heavy (non-hydrogen) atoms. The molecule has 0 amide bonds. The molecule has 0 aliphatic heterocycles. The normalized spacial score (nSPS) is 12.6. The Morgan fingerprint density at radius 1 is 1.41 bits per heavy atom. The zero-order chi connectivity index (χ0) is 12.3. The van der Waals surface area contributed by atoms with Crippen LogP contribution in [0.4, 0.5) is 0 Å². The van der Waals surface area contributed by atoms with E-state index in [1.54, 1.807) is 22.6 Å². The lowest BCUT2D eigenvalue weighted by Gasteiger charge is -2.13. The van der Waals surface area contributed by atoms with Gasteiger partial charge in [0.25, 0.3) is 0 Å². The fourth-order valence-electron chi connectivity index (χ4n) is 1.85. The Hall–Kier alpha value is -1.26. The van der Waals surface area contributed by atoms with Crippen molar-refractivity contribution in [3.8, 4) is 0 Å². The fourth-order valence-corrected chi connectivity index (χ4v) is 2.51. The summed E-state index contributed by atoms with van der Waals surface area (Å²) in [5, 5.41) is 14.4. The van der Waals surface area contributed by atoms with Gasteiger partial charge in [-0.25, -0.2) is 0 Å². The highest BCUT2D eigenvalue weighted by Gasteiger charge is 2.13. The minimum absolute atomic E-state index is 0.470. The zero-order valence-corrected chi connectivity index (χ0v) is 10.8. The maximum atomic E-state index is 10.2. The molecule has 1 unspecified atom stereocenters. The number of aromatic nitrogens is 2. The molecule has 1 aromatic carbocycles. The molecule has 90 valence electrons. The first-order chi connectivity index (χ1) is 8.20. The Morgan fingerprint density at radius 3 is 2.82 bits per heavy atom. The van der Waals surface area contributed by atoms with E-state index in [0.29, 0.717) is 6.42 Å². The zero-order valence-electron chi connectivity index (χ0n) is 10.00. The molecule has 1 heterocycles. The van der Waals surface area contributed by atoms with E-state index in [1.807, 2.05) is 43.8 Å². The first-order valence-electron chi connectivity index (χ1n) is 5.49. The Morgan fingerprint density at radius 2 is 2.18 bits per heavy atom. The van der Waals surface area contributed by atoms with Gasteiger partial charge in [-0.2, -0.15) is 5.10 Å². The van der Waals surface area contributed by atoms with Crippen molar-refractivity contribution < 1.29 is 5.11 Å². The van der Waals surface area contributed by atoms with Crippen LogP contribution < -0.4 is 0 Å². The minimum Gasteiger partial charge on any atom is -0.388 e. The number of hydrogen-bond donors (Lipinski definition) is 1. The summed E-state index contributed by atoms with van der Waals surface area (Å²) in [5.74, 6) is 0. The van der Waals surface area contributed by atoms with Crippen LogP contribution in [0.2, 0.25) is 0 Å². The van der Waals surface area contributed by atoms with Crippen molar-refractivity contribution in [2.45, 2.75) is 17.4 Å². The number of rotatable bonds is 4. The molecule has 3 nitrogen and oxygen atoms in total. The fraction of sp³-hybridized carbons (Fsp3) is 0.308. The average Bonchev–Trinajstić information content (AvgIpc) is 2.74. The second kappa shape index (κ2) is 5.38. The predicted octanol–water partition coefficient (Wildman–Crippen LogP) is 2.42. The number of aliphatic hydroxyl groups excluding tert-OH is 1. The Bertz CT molecular complexity index is 496. The Balaban J connectivity index is 2.16. The monoisotopic (exact) mass is 248 g/mol. The van der Waals surface area contributed by atoms with E-state index in [-0.39, 0.29) is 0 Å². The molecule has 0 saturated heterocycles. The molecule has 0 aliphatic carbocycles. The van der Waals surface area contributed by atoms with Crippen molar-refractivity contribution >= 4 is 11.8 Å². The highest BCUT2D eigenvalue weighted by Crippen LogP contribution is 2.27. The van der Waals surface area contributed by atoms with Gasteiger partial charge in [-0.15, -0.1) is 11.8 Å². The predicted molar refractivity (Wildman–Crippen MR) is 70.1 cm³/mol. The van der Waals surface area contributed by atoms with Gasteiger partial charge in [0.15, 0.2) is 0 Å². The van der Waals surface area contributed by atoms with Crippen molar-refractivity contribution in [1.82, 2.24) is 9.78 Å². The van der Waals surface area contributed by atoms with E-state index < -0.39 is 6.10 Å². The molecule has 1 aromatic heterocycles. The van der Waals surface area contributed by atoms with E-state index in [9.17, 15) is 5.11 Å². The third-order valence-corrected chi connectivity index (χ3v) is 3.50. The van der Waals surface area contributed by atoms with Gasteiger partial charge in [-0.05, 0) is 23.4 Å². The first-order valence-corrected chi connectivity index (χ1v) is 6.71. The summed E-state index contributed by atoms with van der Waals surface area (Å²) in [5.41, 5.74) is 2.04. The number of hydrogen-bond acceptors (Lipinski definition) is 3. The molecule has 1 atom stereocenters. The van der Waals surface area contributed by atoms with E-state index in [4.69, 9.17) is 0 Å². The lowest BCUT2D eigenvalue weighted by atomic mass is 10.0. The van der Waals surface area contributed by atoms with Crippen LogP contribution in [0.3, 0.4) is 0 Å². The molecule has 0 radical (unpaired) electrons. The number of thioether (sulfide) groups is 1. The molecule has 0 saturated carbocycles. The molecule has 4 heteroatoms. The topological polar surface area (TPSA) is 38.1 Å². The molecule has 2 rings (SSSR count). The lowest BCUT2D eigenvalue weighted by molar-refractivity contribution is 0.175. The number of aryl methyl sites for hydroxylation is 1. The van der Waals surface area contributed by atoms with Gasteiger partial charge in [0.1, 0.15) is 0 Å². The van der Waals surface area contributed by atoms with Crippen molar-refractivity contribution in [3.63, 3.8) is 0 Å². The van der Waals surface area contributed by atoms with Gasteiger partial charge in [-0.1, -0.05) is 18.2 Å². The van der Waals surface area contributed by atoms with Crippen molar-refractivity contribution in [2.75, 3.05) is 6.26 Å². The summed E-state index contributed by atoms with van der Waals surface area (Å²) in [6.45, 7) is 0. The number of nitrogens with zero attached hydrogens (tertiary/aromatic N) is 2. The third kappa shape index (κ3) is 2.90. The van der Waals surface area contributed by atoms with E-state index in [1.165, 1.54) is 0 Å². The standard InChI is InChI=1S/C13H16N2OS/c1-15-9-10(8-14-15)7-12(16)11-5-3-4-6-13(11)17-2/h3-6,8-9,12,16H,7H2,1-2H3. The van der Waals surface area contributed by atoms with Crippen molar-refractivity contribution in [2.24, 2.45) is 7.05 Å². The van der Waals surface area contributed by atoms with Crippen LogP contribution in [0.5, 0.6) is 0 Å². The van der Waals surface area contributed by atoms with E-state index >= 15 is 0 Å². The molecular weight excluding hydrogens is 232 g/mol. The number of benzene rings is 1. The Labute approximate surface area is 105 Å². The Kier molecular flexibility index (Phi) is 3.86. The van der Waals surface area contributed by atoms with Gasteiger partial charge in [-0.3, -0.25) is 4.68 Å². The number of aliphatic hydroxyl groups is 1. The van der Waals surface area contributed by atoms with Gasteiger partial charge in [0.2, 0.25) is 0 Å². The highest BCUT2D eigenvalue weighted by atomic mass is 32.2. The van der Waals surface area contributed by atoms with Crippen LogP contribution in [-0.2, 0) is 13.5 Å². The largest absolute Gasteiger partial charge is 0.388 e. The van der Waals surface area contributed by atoms with Crippen LogP contribution in [0.1, 0.15) is 17.2 Å². The van der Waals surface area contributed by atoms with Crippen LogP contribution in [0, 0.1) is 0 Å². The summed E-state index contributed by atoms with van der Waals surface area (Å²) in [4.78, 5) is 1.13. The second-order valence-corrected chi connectivity index (χ2v) is 4.83. The van der Waals surface area contributed by atoms with Crippen LogP contribution in [0.25, 0.3) is 0 Å². The summed E-state index contributed by atoms with van der Waals surface area (Å²) < 4.78 is 1.75. The van der Waals surface area contributed by atoms with Crippen molar-refractivity contribution in [1.29, 1.82) is 0 Å². The molecule has 0 bridgehead atoms. The van der Waals surface area contributed by atoms with Gasteiger partial charge < -0.3 is 5.11 Å². The second-order valence-electron chi connectivity index (χ2n) is 3.98. The van der Waals surface area contributed by atoms with Gasteiger partial charge in [0, 0.05) is 24.6 Å². The molecule has 0 spiro atoms. The van der Waals surface area contributed by atoms with Crippen LogP contribution >= 0.6 is 11.8 Å². The maximum absolute atomic E-state index is 10.2. The third-order valence-electron chi connectivity index (χ3n) is 2.69. The smallest absolute Gasteiger partial charge is 0.0842 e. The van der Waals surface area contributed by atoms with Crippen LogP contribution in [-0.4, -0.2) is 21.1 Å². The lowest BCUT2D eigenvalue weighted by Crippen LogP contribution is -2.02. The summed E-state index contributed by atoms with van der Waals surface area (Å²) in [6.07, 6.45) is 5.89. The minimum atomic E-state index is -0.470. The van der Waals surface area contributed by atoms with E-state index in [0.717, 1.165) is 16.0 Å². The average molecular weight is 248 g/mol. The maximum Gasteiger partial charge on any atom is 0.0842 e. The molecular formula is C13H16N2OS. The molecule has 1 N–H and O–H groups in total. The van der Waals surface area contributed by atoms with E-state index in [2.05, 4.69) is 5.10 Å². The molecule has 0 fully saturated rings. The van der Waals surface area contributed by atoms with Gasteiger partial charge >= 0.3 is 0 Å². The molecule has 0 aliphatic rings. The SMILES string of the molecule is CSc1ccccc1C(O)Cc1cnn(C)c1. The van der Waals surface area contributed by atoms with Crippen LogP contribution in [0.15, 0.2) is 41.6 Å². The summed E-state index contributed by atoms with van der Waals surface area (Å²) in [7, 11) is 1.88. The summed E-state index contributed by atoms with van der Waals surface area (Å²) in [6, 6.07) is 7.97. The van der Waals surface area contributed by atoms with Gasteiger partial charge in [0.05, 0.1) is 12.3 Å². The summed E-state index contributed by atoms with van der Waals surface area (Å²) >= 11 is 1.66.